The van der Waals surface area contributed by atoms with Crippen molar-refractivity contribution in [3.8, 4) is 6.07 Å². The van der Waals surface area contributed by atoms with Gasteiger partial charge in [0.05, 0.1) is 12.6 Å². The third kappa shape index (κ3) is 3.18. The number of rotatable bonds is 5. The monoisotopic (exact) mass is 296 g/mol. The average Bonchev–Trinajstić information content (AvgIpc) is 3.09. The van der Waals surface area contributed by atoms with Crippen molar-refractivity contribution < 1.29 is 4.74 Å². The predicted octanol–water partition coefficient (Wildman–Crippen LogP) is 3.05. The minimum absolute atomic E-state index is 0.136. The number of ether oxygens (including phenoxy) is 1. The Labute approximate surface area is 130 Å². The molecule has 1 heterocycles. The van der Waals surface area contributed by atoms with E-state index in [2.05, 4.69) is 16.2 Å². The van der Waals surface area contributed by atoms with Crippen molar-refractivity contribution in [2.75, 3.05) is 0 Å². The fourth-order valence-electron chi connectivity index (χ4n) is 3.04. The number of aromatic nitrogens is 3. The lowest BCUT2D eigenvalue weighted by atomic mass is 9.92. The summed E-state index contributed by atoms with van der Waals surface area (Å²) in [5, 5.41) is 14.1. The first-order valence-electron chi connectivity index (χ1n) is 7.79. The minimum atomic E-state index is -1.02. The highest BCUT2D eigenvalue weighted by Crippen LogP contribution is 2.33. The molecule has 1 saturated carbocycles. The fraction of sp³-hybridized carbons (Fsp3) is 0.471. The van der Waals surface area contributed by atoms with E-state index in [0.29, 0.717) is 6.54 Å². The zero-order valence-electron chi connectivity index (χ0n) is 12.6. The van der Waals surface area contributed by atoms with Crippen LogP contribution in [0.4, 0.5) is 0 Å². The zero-order valence-corrected chi connectivity index (χ0v) is 12.6. The quantitative estimate of drug-likeness (QED) is 0.850. The van der Waals surface area contributed by atoms with E-state index in [9.17, 15) is 5.26 Å². The minimum Gasteiger partial charge on any atom is -0.351 e. The summed E-state index contributed by atoms with van der Waals surface area (Å²) < 4.78 is 8.00. The van der Waals surface area contributed by atoms with Crippen molar-refractivity contribution in [1.82, 2.24) is 14.8 Å². The van der Waals surface area contributed by atoms with E-state index >= 15 is 0 Å². The van der Waals surface area contributed by atoms with Crippen molar-refractivity contribution in [2.24, 2.45) is 0 Å². The molecule has 0 N–H and O–H groups in total. The van der Waals surface area contributed by atoms with Crippen LogP contribution >= 0.6 is 0 Å². The number of hydrogen-bond donors (Lipinski definition) is 0. The molecule has 0 radical (unpaired) electrons. The Morgan fingerprint density at radius 1 is 1.23 bits per heavy atom. The summed E-state index contributed by atoms with van der Waals surface area (Å²) in [5.41, 5.74) is -0.143. The Morgan fingerprint density at radius 3 is 2.64 bits per heavy atom. The second kappa shape index (κ2) is 6.71. The topological polar surface area (TPSA) is 63.7 Å². The van der Waals surface area contributed by atoms with Crippen LogP contribution in [0.5, 0.6) is 0 Å². The number of benzene rings is 1. The summed E-state index contributed by atoms with van der Waals surface area (Å²) in [6.07, 6.45) is 8.88. The Morgan fingerprint density at radius 2 is 2.00 bits per heavy atom. The maximum absolute atomic E-state index is 9.92. The summed E-state index contributed by atoms with van der Waals surface area (Å²) >= 11 is 0. The Kier molecular flexibility index (Phi) is 4.50. The lowest BCUT2D eigenvalue weighted by Gasteiger charge is -2.33. The molecule has 0 spiro atoms. The third-order valence-electron chi connectivity index (χ3n) is 4.19. The highest BCUT2D eigenvalue weighted by Gasteiger charge is 2.37. The first-order valence-corrected chi connectivity index (χ1v) is 7.79. The van der Waals surface area contributed by atoms with Gasteiger partial charge in [0.2, 0.25) is 0 Å². The summed E-state index contributed by atoms with van der Waals surface area (Å²) in [4.78, 5) is 3.97. The molecule has 114 valence electrons. The van der Waals surface area contributed by atoms with Crippen LogP contribution in [0.1, 0.15) is 37.7 Å². The molecule has 1 unspecified atom stereocenters. The van der Waals surface area contributed by atoms with Crippen LogP contribution in [0.25, 0.3) is 0 Å². The molecule has 3 rings (SSSR count). The molecule has 1 aromatic heterocycles. The molecule has 0 saturated heterocycles. The Balaban J connectivity index is 1.90. The summed E-state index contributed by atoms with van der Waals surface area (Å²) in [7, 11) is 0. The number of hydrogen-bond acceptors (Lipinski definition) is 4. The van der Waals surface area contributed by atoms with Crippen molar-refractivity contribution >= 4 is 0 Å². The number of nitrogens with zero attached hydrogens (tertiary/aromatic N) is 4. The molecule has 1 aliphatic rings. The van der Waals surface area contributed by atoms with Crippen LogP contribution in [-0.2, 0) is 16.9 Å². The molecule has 0 aliphatic heterocycles. The smallest absolute Gasteiger partial charge is 0.199 e. The summed E-state index contributed by atoms with van der Waals surface area (Å²) in [5.74, 6) is 0. The van der Waals surface area contributed by atoms with Crippen LogP contribution in [0.2, 0.25) is 0 Å². The molecular formula is C17H20N4O. The first-order chi connectivity index (χ1) is 10.8. The van der Waals surface area contributed by atoms with Gasteiger partial charge in [-0.25, -0.2) is 9.67 Å². The van der Waals surface area contributed by atoms with E-state index in [4.69, 9.17) is 4.74 Å². The zero-order chi connectivity index (χ0) is 15.3. The van der Waals surface area contributed by atoms with Crippen molar-refractivity contribution in [3.63, 3.8) is 0 Å². The van der Waals surface area contributed by atoms with Gasteiger partial charge in [-0.3, -0.25) is 0 Å². The second-order valence-electron chi connectivity index (χ2n) is 5.78. The Hall–Kier alpha value is -2.19. The molecule has 22 heavy (non-hydrogen) atoms. The van der Waals surface area contributed by atoms with Gasteiger partial charge in [-0.2, -0.15) is 10.4 Å². The highest BCUT2D eigenvalue weighted by atomic mass is 16.5. The maximum Gasteiger partial charge on any atom is 0.199 e. The second-order valence-corrected chi connectivity index (χ2v) is 5.78. The van der Waals surface area contributed by atoms with Crippen LogP contribution in [0.3, 0.4) is 0 Å². The van der Waals surface area contributed by atoms with Crippen molar-refractivity contribution in [2.45, 2.75) is 50.4 Å². The van der Waals surface area contributed by atoms with Gasteiger partial charge in [0.1, 0.15) is 18.7 Å². The summed E-state index contributed by atoms with van der Waals surface area (Å²) in [6, 6.07) is 12.1. The maximum atomic E-state index is 9.92. The molecule has 1 atom stereocenters. The molecule has 2 aromatic rings. The molecule has 0 bridgehead atoms. The highest BCUT2D eigenvalue weighted by molar-refractivity contribution is 5.29. The lowest BCUT2D eigenvalue weighted by Crippen LogP contribution is -2.38. The van der Waals surface area contributed by atoms with Crippen LogP contribution in [0.15, 0.2) is 43.0 Å². The SMILES string of the molecule is N#CC(Cn1cncn1)(OC1CCCCC1)c1ccccc1. The van der Waals surface area contributed by atoms with E-state index in [1.807, 2.05) is 30.3 Å². The third-order valence-corrected chi connectivity index (χ3v) is 4.19. The van der Waals surface area contributed by atoms with Gasteiger partial charge in [-0.1, -0.05) is 49.6 Å². The van der Waals surface area contributed by atoms with Crippen molar-refractivity contribution in [1.29, 1.82) is 5.26 Å². The van der Waals surface area contributed by atoms with Gasteiger partial charge in [-0.15, -0.1) is 0 Å². The molecule has 5 nitrogen and oxygen atoms in total. The molecule has 0 amide bonds. The normalized spacial score (nSPS) is 18.5. The van der Waals surface area contributed by atoms with E-state index in [0.717, 1.165) is 18.4 Å². The first kappa shape index (κ1) is 14.7. The van der Waals surface area contributed by atoms with Gasteiger partial charge in [-0.05, 0) is 12.8 Å². The van der Waals surface area contributed by atoms with E-state index in [1.165, 1.54) is 25.6 Å². The van der Waals surface area contributed by atoms with Crippen LogP contribution in [-0.4, -0.2) is 20.9 Å². The lowest BCUT2D eigenvalue weighted by molar-refractivity contribution is -0.0868. The van der Waals surface area contributed by atoms with Gasteiger partial charge < -0.3 is 4.74 Å². The fourth-order valence-corrected chi connectivity index (χ4v) is 3.04. The van der Waals surface area contributed by atoms with Gasteiger partial charge in [0.15, 0.2) is 5.60 Å². The van der Waals surface area contributed by atoms with E-state index < -0.39 is 5.60 Å². The molecular weight excluding hydrogens is 276 g/mol. The van der Waals surface area contributed by atoms with Gasteiger partial charge in [0.25, 0.3) is 0 Å². The van der Waals surface area contributed by atoms with E-state index in [-0.39, 0.29) is 6.10 Å². The molecule has 1 aliphatic carbocycles. The van der Waals surface area contributed by atoms with Gasteiger partial charge in [0, 0.05) is 5.56 Å². The molecule has 1 fully saturated rings. The molecule has 5 heteroatoms. The molecule has 1 aromatic carbocycles. The average molecular weight is 296 g/mol. The Bertz CT molecular complexity index is 614. The van der Waals surface area contributed by atoms with Crippen molar-refractivity contribution in [3.05, 3.63) is 48.5 Å². The van der Waals surface area contributed by atoms with E-state index in [1.54, 1.807) is 11.0 Å². The van der Waals surface area contributed by atoms with Gasteiger partial charge >= 0.3 is 0 Å². The largest absolute Gasteiger partial charge is 0.351 e. The predicted molar refractivity (Wildman–Crippen MR) is 81.7 cm³/mol. The standard InChI is InChI=1S/C17H20N4O/c18-11-17(12-21-14-19-13-20-21,15-7-3-1-4-8-15)22-16-9-5-2-6-10-16/h1,3-4,7-8,13-14,16H,2,5-6,9-10,12H2. The van der Waals surface area contributed by atoms with Crippen LogP contribution in [0, 0.1) is 11.3 Å². The summed E-state index contributed by atoms with van der Waals surface area (Å²) in [6.45, 7) is 0.351. The number of nitriles is 1. The van der Waals surface area contributed by atoms with Crippen LogP contribution < -0.4 is 0 Å².